The number of nitrogens with one attached hydrogen (secondary N) is 2. The zero-order valence-electron chi connectivity index (χ0n) is 12.4. The normalized spacial score (nSPS) is 10.5. The van der Waals surface area contributed by atoms with Crippen molar-refractivity contribution < 1.29 is 4.79 Å². The molecule has 0 saturated carbocycles. The van der Waals surface area contributed by atoms with Crippen molar-refractivity contribution in [3.63, 3.8) is 0 Å². The number of thioether (sulfide) groups is 1. The number of nitrogens with two attached hydrogens (primary N) is 1. The minimum atomic E-state index is -0.201. The summed E-state index contributed by atoms with van der Waals surface area (Å²) >= 11 is 16.4. The van der Waals surface area contributed by atoms with Gasteiger partial charge in [-0.15, -0.1) is 0 Å². The molecule has 4 nitrogen and oxygen atoms in total. The second-order valence-electron chi connectivity index (χ2n) is 4.89. The highest BCUT2D eigenvalue weighted by Crippen LogP contribution is 2.23. The summed E-state index contributed by atoms with van der Waals surface area (Å²) in [6.45, 7) is 0.338. The molecule has 0 radical (unpaired) electrons. The summed E-state index contributed by atoms with van der Waals surface area (Å²) in [6, 6.07) is 10.6. The van der Waals surface area contributed by atoms with Gasteiger partial charge in [-0.2, -0.15) is 0 Å². The number of amides is 1. The van der Waals surface area contributed by atoms with E-state index in [1.807, 2.05) is 12.1 Å². The second-order valence-corrected chi connectivity index (χ2v) is 7.63. The second kappa shape index (κ2) is 8.76. The van der Waals surface area contributed by atoms with E-state index in [9.17, 15) is 4.79 Å². The van der Waals surface area contributed by atoms with E-state index in [1.165, 1.54) is 11.8 Å². The van der Waals surface area contributed by atoms with Crippen molar-refractivity contribution in [2.45, 2.75) is 12.3 Å². The van der Waals surface area contributed by atoms with Crippen molar-refractivity contribution in [1.29, 1.82) is 5.41 Å². The van der Waals surface area contributed by atoms with Gasteiger partial charge in [0.2, 0.25) is 0 Å². The van der Waals surface area contributed by atoms with Gasteiger partial charge in [-0.3, -0.25) is 10.2 Å². The van der Waals surface area contributed by atoms with Gasteiger partial charge in [-0.25, -0.2) is 0 Å². The number of rotatable bonds is 5. The Morgan fingerprint density at radius 1 is 1.21 bits per heavy atom. The standard InChI is InChI=1S/C16H14BrCl2N3OS/c17-11-2-3-12(10(6-11)8-24-16(20)21)15(23)22-7-9-1-4-13(18)14(19)5-9/h1-6H,7-8H2,(H3,20,21)(H,22,23). The quantitative estimate of drug-likeness (QED) is 0.455. The molecule has 0 heterocycles. The van der Waals surface area contributed by atoms with Crippen LogP contribution in [0.4, 0.5) is 0 Å². The van der Waals surface area contributed by atoms with E-state index in [1.54, 1.807) is 24.3 Å². The van der Waals surface area contributed by atoms with Gasteiger partial charge in [0.25, 0.3) is 5.91 Å². The largest absolute Gasteiger partial charge is 0.379 e. The van der Waals surface area contributed by atoms with Gasteiger partial charge in [-0.05, 0) is 41.5 Å². The summed E-state index contributed by atoms with van der Waals surface area (Å²) in [5, 5.41) is 11.1. The maximum atomic E-state index is 12.5. The fourth-order valence-corrected chi connectivity index (χ4v) is 3.26. The molecule has 0 atom stereocenters. The maximum absolute atomic E-state index is 12.5. The third kappa shape index (κ3) is 5.41. The van der Waals surface area contributed by atoms with Crippen LogP contribution in [0.3, 0.4) is 0 Å². The molecule has 0 fully saturated rings. The maximum Gasteiger partial charge on any atom is 0.251 e. The summed E-state index contributed by atoms with van der Waals surface area (Å²) in [5.74, 6) is 0.248. The van der Waals surface area contributed by atoms with Crippen LogP contribution in [0.2, 0.25) is 10.0 Å². The highest BCUT2D eigenvalue weighted by Gasteiger charge is 2.12. The molecule has 24 heavy (non-hydrogen) atoms. The molecule has 126 valence electrons. The fraction of sp³-hybridized carbons (Fsp3) is 0.125. The van der Waals surface area contributed by atoms with E-state index in [-0.39, 0.29) is 11.1 Å². The van der Waals surface area contributed by atoms with Crippen molar-refractivity contribution >= 4 is 62.0 Å². The number of benzene rings is 2. The molecule has 0 aliphatic rings. The van der Waals surface area contributed by atoms with E-state index < -0.39 is 0 Å². The average Bonchev–Trinajstić information content (AvgIpc) is 2.53. The van der Waals surface area contributed by atoms with Crippen molar-refractivity contribution in [2.24, 2.45) is 5.73 Å². The highest BCUT2D eigenvalue weighted by molar-refractivity contribution is 9.10. The number of amidine groups is 1. The molecule has 2 aromatic rings. The molecule has 0 aliphatic carbocycles. The van der Waals surface area contributed by atoms with E-state index in [4.69, 9.17) is 34.3 Å². The molecule has 8 heteroatoms. The van der Waals surface area contributed by atoms with Crippen LogP contribution >= 0.6 is 50.9 Å². The first-order valence-electron chi connectivity index (χ1n) is 6.84. The molecular weight excluding hydrogens is 433 g/mol. The molecule has 1 amide bonds. The lowest BCUT2D eigenvalue weighted by Crippen LogP contribution is -2.24. The molecule has 0 aliphatic heterocycles. The van der Waals surface area contributed by atoms with Crippen LogP contribution in [0.5, 0.6) is 0 Å². The lowest BCUT2D eigenvalue weighted by Gasteiger charge is -2.11. The Balaban J connectivity index is 2.10. The summed E-state index contributed by atoms with van der Waals surface area (Å²) in [4.78, 5) is 12.5. The Labute approximate surface area is 162 Å². The summed E-state index contributed by atoms with van der Waals surface area (Å²) in [6.07, 6.45) is 0. The van der Waals surface area contributed by atoms with Crippen LogP contribution in [-0.4, -0.2) is 11.1 Å². The van der Waals surface area contributed by atoms with Gasteiger partial charge in [0.1, 0.15) is 0 Å². The third-order valence-electron chi connectivity index (χ3n) is 3.13. The number of hydrogen-bond donors (Lipinski definition) is 3. The monoisotopic (exact) mass is 445 g/mol. The van der Waals surface area contributed by atoms with Crippen LogP contribution in [-0.2, 0) is 12.3 Å². The van der Waals surface area contributed by atoms with Gasteiger partial charge < -0.3 is 11.1 Å². The van der Waals surface area contributed by atoms with E-state index in [0.717, 1.165) is 15.6 Å². The molecule has 0 spiro atoms. The van der Waals surface area contributed by atoms with Crippen LogP contribution in [0.15, 0.2) is 40.9 Å². The summed E-state index contributed by atoms with van der Waals surface area (Å²) < 4.78 is 0.864. The Morgan fingerprint density at radius 2 is 1.96 bits per heavy atom. The summed E-state index contributed by atoms with van der Waals surface area (Å²) in [5.41, 5.74) is 7.58. The predicted octanol–water partition coefficient (Wildman–Crippen LogP) is 4.81. The molecule has 0 aromatic heterocycles. The third-order valence-corrected chi connectivity index (χ3v) is 5.13. The number of carbonyl (C=O) groups is 1. The van der Waals surface area contributed by atoms with Crippen molar-refractivity contribution in [2.75, 3.05) is 0 Å². The van der Waals surface area contributed by atoms with E-state index in [0.29, 0.717) is 27.9 Å². The summed E-state index contributed by atoms with van der Waals surface area (Å²) in [7, 11) is 0. The molecule has 2 rings (SSSR count). The average molecular weight is 447 g/mol. The van der Waals surface area contributed by atoms with Crippen molar-refractivity contribution in [3.05, 3.63) is 67.6 Å². The Bertz CT molecular complexity index is 786. The van der Waals surface area contributed by atoms with Gasteiger partial charge in [0.15, 0.2) is 5.17 Å². The fourth-order valence-electron chi connectivity index (χ4n) is 1.99. The van der Waals surface area contributed by atoms with Crippen LogP contribution in [0.25, 0.3) is 0 Å². The van der Waals surface area contributed by atoms with Crippen molar-refractivity contribution in [1.82, 2.24) is 5.32 Å². The van der Waals surface area contributed by atoms with Crippen LogP contribution < -0.4 is 11.1 Å². The Hall–Kier alpha value is -1.21. The topological polar surface area (TPSA) is 79.0 Å². The van der Waals surface area contributed by atoms with E-state index >= 15 is 0 Å². The Kier molecular flexibility index (Phi) is 6.98. The minimum absolute atomic E-state index is 0.0112. The number of hydrogen-bond acceptors (Lipinski definition) is 3. The molecule has 4 N–H and O–H groups in total. The SMILES string of the molecule is N=C(N)SCc1cc(Br)ccc1C(=O)NCc1ccc(Cl)c(Cl)c1. The predicted molar refractivity (Wildman–Crippen MR) is 105 cm³/mol. The molecule has 2 aromatic carbocycles. The first-order valence-corrected chi connectivity index (χ1v) is 9.37. The van der Waals surface area contributed by atoms with E-state index in [2.05, 4.69) is 21.2 Å². The first-order chi connectivity index (χ1) is 11.4. The number of halogens is 3. The zero-order chi connectivity index (χ0) is 17.7. The lowest BCUT2D eigenvalue weighted by molar-refractivity contribution is 0.0950. The first kappa shape index (κ1) is 19.1. The van der Waals surface area contributed by atoms with Crippen molar-refractivity contribution in [3.8, 4) is 0 Å². The molecular formula is C16H14BrCl2N3OS. The van der Waals surface area contributed by atoms with Gasteiger partial charge in [0, 0.05) is 22.3 Å². The van der Waals surface area contributed by atoms with Gasteiger partial charge in [-0.1, -0.05) is 57.0 Å². The Morgan fingerprint density at radius 3 is 2.62 bits per heavy atom. The van der Waals surface area contributed by atoms with Crippen LogP contribution in [0, 0.1) is 5.41 Å². The lowest BCUT2D eigenvalue weighted by atomic mass is 10.1. The molecule has 0 unspecified atom stereocenters. The van der Waals surface area contributed by atoms with Crippen LogP contribution in [0.1, 0.15) is 21.5 Å². The number of carbonyl (C=O) groups excluding carboxylic acids is 1. The smallest absolute Gasteiger partial charge is 0.251 e. The molecule has 0 bridgehead atoms. The van der Waals surface area contributed by atoms with Gasteiger partial charge >= 0.3 is 0 Å². The van der Waals surface area contributed by atoms with Gasteiger partial charge in [0.05, 0.1) is 10.0 Å². The minimum Gasteiger partial charge on any atom is -0.379 e. The highest BCUT2D eigenvalue weighted by atomic mass is 79.9. The molecule has 0 saturated heterocycles. The zero-order valence-corrected chi connectivity index (χ0v) is 16.3.